The number of nitrogens with zero attached hydrogens (tertiary/aromatic N) is 1. The van der Waals surface area contributed by atoms with E-state index in [1.807, 2.05) is 20.0 Å². The van der Waals surface area contributed by atoms with Gasteiger partial charge in [-0.1, -0.05) is 12.1 Å². The van der Waals surface area contributed by atoms with E-state index >= 15 is 0 Å². The summed E-state index contributed by atoms with van der Waals surface area (Å²) in [6.07, 6.45) is 0.453. The molecule has 110 valence electrons. The van der Waals surface area contributed by atoms with Gasteiger partial charge < -0.3 is 9.47 Å². The normalized spacial score (nSPS) is 9.82. The predicted molar refractivity (Wildman–Crippen MR) is 86.2 cm³/mol. The van der Waals surface area contributed by atoms with Crippen LogP contribution >= 0.6 is 0 Å². The van der Waals surface area contributed by atoms with Crippen molar-refractivity contribution >= 4 is 13.6 Å². The summed E-state index contributed by atoms with van der Waals surface area (Å²) in [5, 5.41) is 8.77. The number of benzene rings is 2. The van der Waals surface area contributed by atoms with Crippen LogP contribution in [0.3, 0.4) is 0 Å². The highest BCUT2D eigenvalue weighted by Crippen LogP contribution is 2.29. The van der Waals surface area contributed by atoms with Gasteiger partial charge >= 0.3 is 0 Å². The third kappa shape index (κ3) is 3.67. The van der Waals surface area contributed by atoms with Crippen LogP contribution in [-0.4, -0.2) is 20.7 Å². The SMILES string of the molecule is BCC(=O)c1ccc(OCc2ccc(C#N)cc2)c(OC)c1. The third-order valence-electron chi connectivity index (χ3n) is 3.28. The lowest BCUT2D eigenvalue weighted by atomic mass is 9.96. The molecule has 0 amide bonds. The number of nitriles is 1. The minimum absolute atomic E-state index is 0.0666. The molecule has 0 radical (unpaired) electrons. The maximum atomic E-state index is 11.7. The Balaban J connectivity index is 2.11. The number of carbonyl (C=O) groups excluding carboxylic acids is 1. The first-order valence-corrected chi connectivity index (χ1v) is 7.01. The van der Waals surface area contributed by atoms with Gasteiger partial charge in [0.2, 0.25) is 0 Å². The minimum Gasteiger partial charge on any atom is -0.493 e. The molecule has 2 rings (SSSR count). The summed E-state index contributed by atoms with van der Waals surface area (Å²) < 4.78 is 11.0. The van der Waals surface area contributed by atoms with Crippen molar-refractivity contribution in [3.05, 3.63) is 59.2 Å². The third-order valence-corrected chi connectivity index (χ3v) is 3.28. The number of hydrogen-bond donors (Lipinski definition) is 0. The van der Waals surface area contributed by atoms with Crippen LogP contribution in [0.15, 0.2) is 42.5 Å². The molecule has 0 N–H and O–H groups in total. The van der Waals surface area contributed by atoms with Gasteiger partial charge in [0.15, 0.2) is 17.3 Å². The number of hydrogen-bond acceptors (Lipinski definition) is 4. The molecule has 0 saturated carbocycles. The van der Waals surface area contributed by atoms with Crippen LogP contribution in [0.4, 0.5) is 0 Å². The van der Waals surface area contributed by atoms with Crippen molar-refractivity contribution in [2.75, 3.05) is 7.11 Å². The van der Waals surface area contributed by atoms with Crippen LogP contribution in [-0.2, 0) is 6.61 Å². The second-order valence-electron chi connectivity index (χ2n) is 4.74. The zero-order chi connectivity index (χ0) is 15.9. The van der Waals surface area contributed by atoms with Crippen molar-refractivity contribution in [3.63, 3.8) is 0 Å². The second-order valence-corrected chi connectivity index (χ2v) is 4.74. The first kappa shape index (κ1) is 15.6. The predicted octanol–water partition coefficient (Wildman–Crippen LogP) is 2.38. The summed E-state index contributed by atoms with van der Waals surface area (Å²) in [5.41, 5.74) is 2.18. The highest BCUT2D eigenvalue weighted by Gasteiger charge is 2.10. The number of ketones is 1. The maximum absolute atomic E-state index is 11.7. The molecular weight excluding hydrogens is 277 g/mol. The van der Waals surface area contributed by atoms with Gasteiger partial charge in [-0.05, 0) is 42.2 Å². The van der Waals surface area contributed by atoms with E-state index in [9.17, 15) is 4.79 Å². The molecule has 22 heavy (non-hydrogen) atoms. The zero-order valence-corrected chi connectivity index (χ0v) is 12.6. The summed E-state index contributed by atoms with van der Waals surface area (Å²) in [6, 6.07) is 14.4. The largest absolute Gasteiger partial charge is 0.493 e. The molecule has 0 bridgehead atoms. The number of carbonyl (C=O) groups is 1. The van der Waals surface area contributed by atoms with E-state index in [1.54, 1.807) is 37.4 Å². The highest BCUT2D eigenvalue weighted by atomic mass is 16.5. The molecule has 4 nitrogen and oxygen atoms in total. The molecule has 0 atom stereocenters. The lowest BCUT2D eigenvalue weighted by Crippen LogP contribution is -2.01. The zero-order valence-electron chi connectivity index (χ0n) is 12.6. The average Bonchev–Trinajstić information content (AvgIpc) is 2.59. The fourth-order valence-corrected chi connectivity index (χ4v) is 2.00. The quantitative estimate of drug-likeness (QED) is 0.606. The topological polar surface area (TPSA) is 59.3 Å². The van der Waals surface area contributed by atoms with Gasteiger partial charge in [-0.25, -0.2) is 0 Å². The molecule has 0 aliphatic heterocycles. The Labute approximate surface area is 130 Å². The number of methoxy groups -OCH3 is 1. The van der Waals surface area contributed by atoms with Crippen LogP contribution in [0.2, 0.25) is 6.32 Å². The van der Waals surface area contributed by atoms with Crippen LogP contribution in [0.5, 0.6) is 11.5 Å². The number of ether oxygens (including phenoxy) is 2. The fourth-order valence-electron chi connectivity index (χ4n) is 2.00. The summed E-state index contributed by atoms with van der Waals surface area (Å²) in [5.74, 6) is 1.18. The van der Waals surface area contributed by atoms with Crippen LogP contribution < -0.4 is 9.47 Å². The maximum Gasteiger partial charge on any atom is 0.161 e. The smallest absolute Gasteiger partial charge is 0.161 e. The van der Waals surface area contributed by atoms with E-state index in [-0.39, 0.29) is 5.78 Å². The molecule has 0 aliphatic carbocycles. The van der Waals surface area contributed by atoms with Crippen molar-refractivity contribution in [1.82, 2.24) is 0 Å². The minimum atomic E-state index is 0.0666. The number of Topliss-reactive ketones (excluding diaryl/α,β-unsaturated/α-hetero) is 1. The van der Waals surface area contributed by atoms with Gasteiger partial charge in [0.05, 0.1) is 18.7 Å². The molecule has 2 aromatic rings. The van der Waals surface area contributed by atoms with Gasteiger partial charge in [0.1, 0.15) is 14.5 Å². The van der Waals surface area contributed by atoms with E-state index in [1.165, 1.54) is 0 Å². The van der Waals surface area contributed by atoms with E-state index in [2.05, 4.69) is 6.07 Å². The van der Waals surface area contributed by atoms with E-state index < -0.39 is 0 Å². The molecule has 2 aromatic carbocycles. The lowest BCUT2D eigenvalue weighted by Gasteiger charge is -2.12. The van der Waals surface area contributed by atoms with Crippen molar-refractivity contribution < 1.29 is 14.3 Å². The monoisotopic (exact) mass is 293 g/mol. The molecule has 0 heterocycles. The fraction of sp³-hybridized carbons (Fsp3) is 0.176. The van der Waals surface area contributed by atoms with Gasteiger partial charge in [-0.15, -0.1) is 0 Å². The molecule has 0 fully saturated rings. The average molecular weight is 293 g/mol. The van der Waals surface area contributed by atoms with E-state index in [0.29, 0.717) is 35.6 Å². The molecule has 0 unspecified atom stereocenters. The first-order valence-electron chi connectivity index (χ1n) is 7.01. The summed E-state index contributed by atoms with van der Waals surface area (Å²) in [7, 11) is 3.37. The van der Waals surface area contributed by atoms with Crippen molar-refractivity contribution in [3.8, 4) is 17.6 Å². The van der Waals surface area contributed by atoms with Crippen molar-refractivity contribution in [2.24, 2.45) is 0 Å². The molecular formula is C17H16BNO3. The Morgan fingerprint density at radius 3 is 2.50 bits per heavy atom. The summed E-state index contributed by atoms with van der Waals surface area (Å²) in [6.45, 7) is 0.364. The van der Waals surface area contributed by atoms with Crippen LogP contribution in [0, 0.1) is 11.3 Å². The molecule has 0 saturated heterocycles. The summed E-state index contributed by atoms with van der Waals surface area (Å²) >= 11 is 0. The number of rotatable bonds is 6. The van der Waals surface area contributed by atoms with Crippen molar-refractivity contribution in [2.45, 2.75) is 12.9 Å². The second kappa shape index (κ2) is 7.32. The Hall–Kier alpha value is -2.74. The Bertz CT molecular complexity index is 705. The summed E-state index contributed by atoms with van der Waals surface area (Å²) in [4.78, 5) is 11.7. The van der Waals surface area contributed by atoms with E-state index in [4.69, 9.17) is 14.7 Å². The molecule has 5 heteroatoms. The van der Waals surface area contributed by atoms with Gasteiger partial charge in [0.25, 0.3) is 0 Å². The molecule has 0 aromatic heterocycles. The highest BCUT2D eigenvalue weighted by molar-refractivity contribution is 6.24. The standard InChI is InChI=1S/C17H16BNO3/c1-21-17-8-14(15(20)9-18)6-7-16(17)22-11-13-4-2-12(10-19)3-5-13/h2-8H,9,11,18H2,1H3. The Kier molecular flexibility index (Phi) is 5.21. The van der Waals surface area contributed by atoms with Crippen LogP contribution in [0.25, 0.3) is 0 Å². The first-order chi connectivity index (χ1) is 10.7. The molecule has 0 spiro atoms. The van der Waals surface area contributed by atoms with Gasteiger partial charge in [-0.2, -0.15) is 5.26 Å². The Morgan fingerprint density at radius 1 is 1.18 bits per heavy atom. The lowest BCUT2D eigenvalue weighted by molar-refractivity contribution is 0.101. The van der Waals surface area contributed by atoms with E-state index in [0.717, 1.165) is 5.56 Å². The Morgan fingerprint density at radius 2 is 1.91 bits per heavy atom. The van der Waals surface area contributed by atoms with Crippen LogP contribution in [0.1, 0.15) is 21.5 Å². The van der Waals surface area contributed by atoms with Gasteiger partial charge in [0, 0.05) is 5.56 Å². The van der Waals surface area contributed by atoms with Crippen molar-refractivity contribution in [1.29, 1.82) is 5.26 Å². The molecule has 0 aliphatic rings. The van der Waals surface area contributed by atoms with Gasteiger partial charge in [-0.3, -0.25) is 4.79 Å².